The monoisotopic (exact) mass is 297 g/mol. The summed E-state index contributed by atoms with van der Waals surface area (Å²) in [4.78, 5) is 14.3. The highest BCUT2D eigenvalue weighted by molar-refractivity contribution is 7.23. The predicted molar refractivity (Wildman–Crippen MR) is 79.3 cm³/mol. The third-order valence-electron chi connectivity index (χ3n) is 2.71. The molecule has 0 atom stereocenters. The summed E-state index contributed by atoms with van der Waals surface area (Å²) in [5, 5.41) is 1.95. The van der Waals surface area contributed by atoms with Crippen LogP contribution in [0.2, 0.25) is 0 Å². The Labute approximate surface area is 119 Å². The number of hydrogen-bond donors (Lipinski definition) is 1. The van der Waals surface area contributed by atoms with Crippen molar-refractivity contribution in [3.05, 3.63) is 21.9 Å². The largest absolute Gasteiger partial charge is 0.495 e. The van der Waals surface area contributed by atoms with Gasteiger partial charge in [-0.2, -0.15) is 0 Å². The van der Waals surface area contributed by atoms with Gasteiger partial charge in [0.2, 0.25) is 0 Å². The van der Waals surface area contributed by atoms with E-state index >= 15 is 0 Å². The molecule has 4 nitrogen and oxygen atoms in total. The van der Waals surface area contributed by atoms with Crippen molar-refractivity contribution in [3.63, 3.8) is 0 Å². The standard InChI is InChI=1S/C13H15NO3S2/c1-4-17-13(15)12-9(14)7(2)10(19-12)11-8(16-3)5-6-18-11/h5-6H,4,14H2,1-3H3. The molecule has 2 rings (SSSR count). The number of rotatable bonds is 4. The van der Waals surface area contributed by atoms with E-state index in [4.69, 9.17) is 15.2 Å². The van der Waals surface area contributed by atoms with Gasteiger partial charge in [0.15, 0.2) is 0 Å². The van der Waals surface area contributed by atoms with Gasteiger partial charge in [0.1, 0.15) is 10.6 Å². The topological polar surface area (TPSA) is 61.5 Å². The fourth-order valence-electron chi connectivity index (χ4n) is 1.71. The number of methoxy groups -OCH3 is 1. The third-order valence-corrected chi connectivity index (χ3v) is 5.06. The van der Waals surface area contributed by atoms with Gasteiger partial charge in [0.05, 0.1) is 29.2 Å². The molecule has 0 spiro atoms. The molecule has 102 valence electrons. The van der Waals surface area contributed by atoms with Gasteiger partial charge in [0.25, 0.3) is 0 Å². The van der Waals surface area contributed by atoms with E-state index in [1.807, 2.05) is 18.4 Å². The predicted octanol–water partition coefficient (Wildman–Crippen LogP) is 3.55. The van der Waals surface area contributed by atoms with Crippen LogP contribution in [0.15, 0.2) is 11.4 Å². The number of thiophene rings is 2. The van der Waals surface area contributed by atoms with E-state index in [1.165, 1.54) is 11.3 Å². The SMILES string of the molecule is CCOC(=O)c1sc(-c2sccc2OC)c(C)c1N. The van der Waals surface area contributed by atoms with Gasteiger partial charge in [-0.3, -0.25) is 0 Å². The zero-order chi connectivity index (χ0) is 14.0. The highest BCUT2D eigenvalue weighted by atomic mass is 32.1. The summed E-state index contributed by atoms with van der Waals surface area (Å²) in [6.07, 6.45) is 0. The molecule has 2 heterocycles. The highest BCUT2D eigenvalue weighted by Gasteiger charge is 2.22. The molecule has 2 aromatic rings. The van der Waals surface area contributed by atoms with Crippen molar-refractivity contribution in [2.24, 2.45) is 0 Å². The van der Waals surface area contributed by atoms with Crippen LogP contribution in [-0.4, -0.2) is 19.7 Å². The summed E-state index contributed by atoms with van der Waals surface area (Å²) < 4.78 is 10.3. The summed E-state index contributed by atoms with van der Waals surface area (Å²) in [5.41, 5.74) is 7.40. The van der Waals surface area contributed by atoms with E-state index in [2.05, 4.69) is 0 Å². The Kier molecular flexibility index (Phi) is 4.11. The molecule has 2 N–H and O–H groups in total. The van der Waals surface area contributed by atoms with Crippen molar-refractivity contribution in [2.75, 3.05) is 19.5 Å². The first kappa shape index (κ1) is 13.9. The lowest BCUT2D eigenvalue weighted by molar-refractivity contribution is 0.0533. The number of nitrogens with two attached hydrogens (primary N) is 1. The van der Waals surface area contributed by atoms with Crippen LogP contribution in [-0.2, 0) is 4.74 Å². The van der Waals surface area contributed by atoms with Gasteiger partial charge in [-0.25, -0.2) is 4.79 Å². The van der Waals surface area contributed by atoms with E-state index in [-0.39, 0.29) is 5.97 Å². The molecule has 6 heteroatoms. The number of hydrogen-bond acceptors (Lipinski definition) is 6. The van der Waals surface area contributed by atoms with Crippen molar-refractivity contribution in [1.29, 1.82) is 0 Å². The minimum Gasteiger partial charge on any atom is -0.495 e. The van der Waals surface area contributed by atoms with Crippen LogP contribution < -0.4 is 10.5 Å². The molecule has 19 heavy (non-hydrogen) atoms. The zero-order valence-electron chi connectivity index (χ0n) is 11.0. The second-order valence-electron chi connectivity index (χ2n) is 3.84. The van der Waals surface area contributed by atoms with Gasteiger partial charge >= 0.3 is 5.97 Å². The van der Waals surface area contributed by atoms with Crippen LogP contribution in [0.5, 0.6) is 5.75 Å². The summed E-state index contributed by atoms with van der Waals surface area (Å²) in [6.45, 7) is 4.02. The molecule has 0 aromatic carbocycles. The normalized spacial score (nSPS) is 10.5. The molecule has 0 unspecified atom stereocenters. The smallest absolute Gasteiger partial charge is 0.350 e. The number of carbonyl (C=O) groups excluding carboxylic acids is 1. The molecular formula is C13H15NO3S2. The number of esters is 1. The van der Waals surface area contributed by atoms with Gasteiger partial charge in [0, 0.05) is 0 Å². The maximum atomic E-state index is 11.8. The van der Waals surface area contributed by atoms with Gasteiger partial charge in [-0.1, -0.05) is 0 Å². The van der Waals surface area contributed by atoms with Crippen LogP contribution in [0.3, 0.4) is 0 Å². The fourth-order valence-corrected chi connectivity index (χ4v) is 3.91. The summed E-state index contributed by atoms with van der Waals surface area (Å²) >= 11 is 2.92. The summed E-state index contributed by atoms with van der Waals surface area (Å²) in [7, 11) is 1.63. The maximum absolute atomic E-state index is 11.8. The Hall–Kier alpha value is -1.53. The third kappa shape index (κ3) is 2.46. The lowest BCUT2D eigenvalue weighted by Crippen LogP contribution is -2.05. The molecule has 0 saturated carbocycles. The molecule has 0 amide bonds. The van der Waals surface area contributed by atoms with Gasteiger partial charge in [-0.05, 0) is 30.9 Å². The number of ether oxygens (including phenoxy) is 2. The van der Waals surface area contributed by atoms with Gasteiger partial charge < -0.3 is 15.2 Å². The Morgan fingerprint density at radius 1 is 1.42 bits per heavy atom. The molecule has 0 fully saturated rings. The second kappa shape index (κ2) is 5.63. The van der Waals surface area contributed by atoms with Crippen LogP contribution in [0, 0.1) is 6.92 Å². The van der Waals surface area contributed by atoms with E-state index in [1.54, 1.807) is 25.4 Å². The lowest BCUT2D eigenvalue weighted by atomic mass is 10.2. The molecular weight excluding hydrogens is 282 g/mol. The second-order valence-corrected chi connectivity index (χ2v) is 5.77. The van der Waals surface area contributed by atoms with E-state index in [0.29, 0.717) is 17.2 Å². The van der Waals surface area contributed by atoms with Crippen LogP contribution in [0.1, 0.15) is 22.2 Å². The molecule has 2 aromatic heterocycles. The van der Waals surface area contributed by atoms with E-state index in [9.17, 15) is 4.79 Å². The summed E-state index contributed by atoms with van der Waals surface area (Å²) in [5.74, 6) is 0.430. The average Bonchev–Trinajstić information content (AvgIpc) is 2.96. The molecule has 0 aliphatic carbocycles. The maximum Gasteiger partial charge on any atom is 0.350 e. The Morgan fingerprint density at radius 3 is 2.79 bits per heavy atom. The van der Waals surface area contributed by atoms with Gasteiger partial charge in [-0.15, -0.1) is 22.7 Å². The number of anilines is 1. The lowest BCUT2D eigenvalue weighted by Gasteiger charge is -2.01. The Balaban J connectivity index is 2.49. The minimum absolute atomic E-state index is 0.340. The molecule has 0 bridgehead atoms. The molecule has 0 aliphatic heterocycles. The highest BCUT2D eigenvalue weighted by Crippen LogP contribution is 2.44. The Morgan fingerprint density at radius 2 is 2.16 bits per heavy atom. The number of nitrogen functional groups attached to an aromatic ring is 1. The van der Waals surface area contributed by atoms with E-state index in [0.717, 1.165) is 21.1 Å². The minimum atomic E-state index is -0.366. The Bertz CT molecular complexity index is 601. The number of carbonyl (C=O) groups is 1. The first-order valence-electron chi connectivity index (χ1n) is 5.78. The fraction of sp³-hybridized carbons (Fsp3) is 0.308. The summed E-state index contributed by atoms with van der Waals surface area (Å²) in [6, 6.07) is 1.90. The van der Waals surface area contributed by atoms with Crippen molar-refractivity contribution >= 4 is 34.3 Å². The molecule has 0 aliphatic rings. The van der Waals surface area contributed by atoms with E-state index < -0.39 is 0 Å². The van der Waals surface area contributed by atoms with Crippen molar-refractivity contribution in [2.45, 2.75) is 13.8 Å². The quantitative estimate of drug-likeness (QED) is 0.877. The zero-order valence-corrected chi connectivity index (χ0v) is 12.6. The van der Waals surface area contributed by atoms with Crippen LogP contribution in [0.4, 0.5) is 5.69 Å². The average molecular weight is 297 g/mol. The van der Waals surface area contributed by atoms with Crippen molar-refractivity contribution in [3.8, 4) is 15.5 Å². The molecule has 0 radical (unpaired) electrons. The van der Waals surface area contributed by atoms with Crippen LogP contribution >= 0.6 is 22.7 Å². The first-order valence-corrected chi connectivity index (χ1v) is 7.47. The van der Waals surface area contributed by atoms with Crippen LogP contribution in [0.25, 0.3) is 9.75 Å². The molecule has 0 saturated heterocycles. The van der Waals surface area contributed by atoms with Crippen molar-refractivity contribution < 1.29 is 14.3 Å². The first-order chi connectivity index (χ1) is 9.10. The van der Waals surface area contributed by atoms with Crippen molar-refractivity contribution in [1.82, 2.24) is 0 Å².